The van der Waals surface area contributed by atoms with Gasteiger partial charge in [0, 0.05) is 12.2 Å². The number of carboxylic acid groups (broad SMARTS) is 1. The molecule has 0 aromatic heterocycles. The zero-order chi connectivity index (χ0) is 13.3. The van der Waals surface area contributed by atoms with Gasteiger partial charge in [0.1, 0.15) is 0 Å². The predicted molar refractivity (Wildman–Crippen MR) is 69.8 cm³/mol. The monoisotopic (exact) mass is 250 g/mol. The average Bonchev–Trinajstić information content (AvgIpc) is 2.69. The number of hydrogen-bond acceptors (Lipinski definition) is 4. The molecule has 1 heterocycles. The summed E-state index contributed by atoms with van der Waals surface area (Å²) in [6, 6.07) is 4.74. The molecule has 0 aliphatic carbocycles. The van der Waals surface area contributed by atoms with Crippen LogP contribution in [0.15, 0.2) is 18.2 Å². The maximum atomic E-state index is 11.2. The van der Waals surface area contributed by atoms with Gasteiger partial charge in [-0.05, 0) is 30.5 Å². The Morgan fingerprint density at radius 2 is 2.28 bits per heavy atom. The molecular formula is C13H18N2O3. The van der Waals surface area contributed by atoms with Gasteiger partial charge in [0.15, 0.2) is 0 Å². The molecule has 98 valence electrons. The number of carboxylic acids is 1. The highest BCUT2D eigenvalue weighted by Crippen LogP contribution is 2.33. The van der Waals surface area contributed by atoms with Crippen LogP contribution in [0.1, 0.15) is 23.7 Å². The summed E-state index contributed by atoms with van der Waals surface area (Å²) in [4.78, 5) is 13.2. The molecule has 0 saturated carbocycles. The lowest BCUT2D eigenvalue weighted by molar-refractivity contribution is 0.0697. The molecule has 18 heavy (non-hydrogen) atoms. The number of nitrogens with zero attached hydrogens (tertiary/aromatic N) is 1. The van der Waals surface area contributed by atoms with E-state index in [9.17, 15) is 15.0 Å². The van der Waals surface area contributed by atoms with Gasteiger partial charge in [0.2, 0.25) is 0 Å². The molecule has 1 aliphatic heterocycles. The molecule has 0 spiro atoms. The molecule has 4 N–H and O–H groups in total. The van der Waals surface area contributed by atoms with Gasteiger partial charge in [-0.3, -0.25) is 0 Å². The first-order valence-electron chi connectivity index (χ1n) is 6.05. The van der Waals surface area contributed by atoms with Crippen molar-refractivity contribution in [2.24, 2.45) is 5.92 Å². The van der Waals surface area contributed by atoms with Crippen molar-refractivity contribution in [3.05, 3.63) is 23.8 Å². The smallest absolute Gasteiger partial charge is 0.337 e. The number of anilines is 2. The highest BCUT2D eigenvalue weighted by Gasteiger charge is 2.32. The predicted octanol–water partition coefficient (Wildman–Crippen LogP) is 1.17. The highest BCUT2D eigenvalue weighted by molar-refractivity contribution is 5.95. The Morgan fingerprint density at radius 3 is 2.89 bits per heavy atom. The van der Waals surface area contributed by atoms with Crippen LogP contribution in [0.25, 0.3) is 0 Å². The number of nitrogens with two attached hydrogens (primary N) is 1. The molecule has 5 heteroatoms. The molecular weight excluding hydrogens is 232 g/mol. The molecule has 1 fully saturated rings. The largest absolute Gasteiger partial charge is 0.478 e. The third-order valence-electron chi connectivity index (χ3n) is 3.63. The standard InChI is InChI=1S/C13H18N2O3/c1-8-4-5-15(12(8)7-16)11-6-9(14)2-3-10(11)13(17)18/h2-3,6,8,12,16H,4-5,7,14H2,1H3,(H,17,18). The topological polar surface area (TPSA) is 86.8 Å². The number of aliphatic hydroxyl groups is 1. The van der Waals surface area contributed by atoms with Crippen molar-refractivity contribution >= 4 is 17.3 Å². The molecule has 2 atom stereocenters. The van der Waals surface area contributed by atoms with Crippen molar-refractivity contribution in [3.8, 4) is 0 Å². The minimum Gasteiger partial charge on any atom is -0.478 e. The van der Waals surface area contributed by atoms with E-state index in [-0.39, 0.29) is 18.2 Å². The van der Waals surface area contributed by atoms with Crippen LogP contribution in [-0.2, 0) is 0 Å². The van der Waals surface area contributed by atoms with Gasteiger partial charge in [-0.25, -0.2) is 4.79 Å². The number of aliphatic hydroxyl groups excluding tert-OH is 1. The van der Waals surface area contributed by atoms with Crippen molar-refractivity contribution in [3.63, 3.8) is 0 Å². The SMILES string of the molecule is CC1CCN(c2cc(N)ccc2C(=O)O)C1CO. The summed E-state index contributed by atoms with van der Waals surface area (Å²) in [5, 5.41) is 18.7. The summed E-state index contributed by atoms with van der Waals surface area (Å²) >= 11 is 0. The van der Waals surface area contributed by atoms with Crippen LogP contribution < -0.4 is 10.6 Å². The summed E-state index contributed by atoms with van der Waals surface area (Å²) < 4.78 is 0. The number of carbonyl (C=O) groups is 1. The fourth-order valence-electron chi connectivity index (χ4n) is 2.55. The Morgan fingerprint density at radius 1 is 1.56 bits per heavy atom. The van der Waals surface area contributed by atoms with Crippen LogP contribution in [0.2, 0.25) is 0 Å². The van der Waals surface area contributed by atoms with E-state index in [1.807, 2.05) is 4.90 Å². The Labute approximate surface area is 106 Å². The first kappa shape index (κ1) is 12.7. The highest BCUT2D eigenvalue weighted by atomic mass is 16.4. The van der Waals surface area contributed by atoms with E-state index < -0.39 is 5.97 Å². The summed E-state index contributed by atoms with van der Waals surface area (Å²) in [6.07, 6.45) is 0.944. The van der Waals surface area contributed by atoms with Crippen LogP contribution >= 0.6 is 0 Å². The zero-order valence-electron chi connectivity index (χ0n) is 10.3. The van der Waals surface area contributed by atoms with E-state index in [0.29, 0.717) is 17.3 Å². The molecule has 5 nitrogen and oxygen atoms in total. The van der Waals surface area contributed by atoms with E-state index >= 15 is 0 Å². The van der Waals surface area contributed by atoms with Gasteiger partial charge in [-0.1, -0.05) is 6.92 Å². The second-order valence-electron chi connectivity index (χ2n) is 4.79. The minimum absolute atomic E-state index is 0.0228. The van der Waals surface area contributed by atoms with Gasteiger partial charge in [0.25, 0.3) is 0 Å². The molecule has 1 aromatic carbocycles. The van der Waals surface area contributed by atoms with Gasteiger partial charge in [-0.2, -0.15) is 0 Å². The van der Waals surface area contributed by atoms with Crippen LogP contribution in [0.3, 0.4) is 0 Å². The zero-order valence-corrected chi connectivity index (χ0v) is 10.3. The van der Waals surface area contributed by atoms with Crippen LogP contribution in [0, 0.1) is 5.92 Å². The first-order valence-corrected chi connectivity index (χ1v) is 6.05. The molecule has 1 aliphatic rings. The van der Waals surface area contributed by atoms with Gasteiger partial charge >= 0.3 is 5.97 Å². The van der Waals surface area contributed by atoms with Crippen LogP contribution in [0.4, 0.5) is 11.4 Å². The molecule has 2 unspecified atom stereocenters. The third kappa shape index (κ3) is 2.13. The number of hydrogen-bond donors (Lipinski definition) is 3. The molecule has 1 aromatic rings. The maximum Gasteiger partial charge on any atom is 0.337 e. The Kier molecular flexibility index (Phi) is 3.43. The number of benzene rings is 1. The molecule has 0 radical (unpaired) electrons. The van der Waals surface area contributed by atoms with Crippen molar-refractivity contribution in [2.75, 3.05) is 23.8 Å². The Bertz CT molecular complexity index is 462. The van der Waals surface area contributed by atoms with Crippen LogP contribution in [0.5, 0.6) is 0 Å². The van der Waals surface area contributed by atoms with Gasteiger partial charge in [-0.15, -0.1) is 0 Å². The third-order valence-corrected chi connectivity index (χ3v) is 3.63. The fraction of sp³-hybridized carbons (Fsp3) is 0.462. The lowest BCUT2D eigenvalue weighted by Crippen LogP contribution is -2.36. The summed E-state index contributed by atoms with van der Waals surface area (Å²) in [6.45, 7) is 2.83. The Hall–Kier alpha value is -1.75. The minimum atomic E-state index is -0.971. The molecule has 1 saturated heterocycles. The quantitative estimate of drug-likeness (QED) is 0.701. The summed E-state index contributed by atoms with van der Waals surface area (Å²) in [5.74, 6) is -0.626. The second-order valence-corrected chi connectivity index (χ2v) is 4.79. The fourth-order valence-corrected chi connectivity index (χ4v) is 2.55. The molecule has 0 amide bonds. The Balaban J connectivity index is 2.43. The lowest BCUT2D eigenvalue weighted by Gasteiger charge is -2.28. The van der Waals surface area contributed by atoms with Gasteiger partial charge < -0.3 is 20.8 Å². The lowest BCUT2D eigenvalue weighted by atomic mass is 10.0. The van der Waals surface area contributed by atoms with E-state index in [1.165, 1.54) is 6.07 Å². The van der Waals surface area contributed by atoms with Crippen molar-refractivity contribution < 1.29 is 15.0 Å². The van der Waals surface area contributed by atoms with Crippen molar-refractivity contribution in [1.29, 1.82) is 0 Å². The molecule has 2 rings (SSSR count). The van der Waals surface area contributed by atoms with E-state index in [0.717, 1.165) is 13.0 Å². The summed E-state index contributed by atoms with van der Waals surface area (Å²) in [5.41, 5.74) is 7.10. The second kappa shape index (κ2) is 4.86. The number of nitrogen functional groups attached to an aromatic ring is 1. The summed E-state index contributed by atoms with van der Waals surface area (Å²) in [7, 11) is 0. The normalized spacial score (nSPS) is 23.3. The van der Waals surface area contributed by atoms with Gasteiger partial charge in [0.05, 0.1) is 23.9 Å². The van der Waals surface area contributed by atoms with Crippen molar-refractivity contribution in [2.45, 2.75) is 19.4 Å². The van der Waals surface area contributed by atoms with E-state index in [1.54, 1.807) is 12.1 Å². The van der Waals surface area contributed by atoms with Crippen LogP contribution in [-0.4, -0.2) is 35.4 Å². The molecule has 0 bridgehead atoms. The van der Waals surface area contributed by atoms with E-state index in [4.69, 9.17) is 5.73 Å². The average molecular weight is 250 g/mol. The number of aromatic carboxylic acids is 1. The maximum absolute atomic E-state index is 11.2. The van der Waals surface area contributed by atoms with E-state index in [2.05, 4.69) is 6.92 Å². The first-order chi connectivity index (χ1) is 8.54. The van der Waals surface area contributed by atoms with Crippen molar-refractivity contribution in [1.82, 2.24) is 0 Å². The number of rotatable bonds is 3.